The van der Waals surface area contributed by atoms with E-state index in [1.807, 2.05) is 6.92 Å². The molecular weight excluding hydrogens is 304 g/mol. The van der Waals surface area contributed by atoms with Crippen molar-refractivity contribution in [2.75, 3.05) is 20.1 Å². The minimum atomic E-state index is -0.994. The van der Waals surface area contributed by atoms with E-state index in [2.05, 4.69) is 5.32 Å². The molecule has 0 radical (unpaired) electrons. The molecule has 8 heteroatoms. The average molecular weight is 330 g/mol. The summed E-state index contributed by atoms with van der Waals surface area (Å²) in [5, 5.41) is 12.1. The number of likely N-dealkylation sites (N-methyl/N-ethyl adjacent to an activating group) is 1. The molecule has 23 heavy (non-hydrogen) atoms. The number of likely N-dealkylation sites (tertiary alicyclic amines) is 1. The summed E-state index contributed by atoms with van der Waals surface area (Å²) in [6.45, 7) is 4.10. The molecule has 132 valence electrons. The first-order chi connectivity index (χ1) is 10.9. The van der Waals surface area contributed by atoms with Crippen LogP contribution in [0.2, 0.25) is 0 Å². The number of aliphatic carboxylic acids is 1. The Hall–Kier alpha value is -1.83. The Labute approximate surface area is 136 Å². The van der Waals surface area contributed by atoms with E-state index in [1.165, 1.54) is 11.8 Å². The number of carbonyl (C=O) groups is 3. The molecular formula is C15H26N2O6. The van der Waals surface area contributed by atoms with E-state index in [0.29, 0.717) is 19.5 Å². The summed E-state index contributed by atoms with van der Waals surface area (Å²) >= 11 is 0. The zero-order valence-corrected chi connectivity index (χ0v) is 13.9. The monoisotopic (exact) mass is 330 g/mol. The predicted molar refractivity (Wildman–Crippen MR) is 81.7 cm³/mol. The van der Waals surface area contributed by atoms with Crippen LogP contribution in [-0.4, -0.2) is 60.5 Å². The van der Waals surface area contributed by atoms with Crippen LogP contribution in [0.4, 0.5) is 4.79 Å². The maximum absolute atomic E-state index is 12.2. The lowest BCUT2D eigenvalue weighted by Gasteiger charge is -2.27. The van der Waals surface area contributed by atoms with Crippen LogP contribution < -0.4 is 5.32 Å². The van der Waals surface area contributed by atoms with Gasteiger partial charge in [-0.15, -0.1) is 0 Å². The van der Waals surface area contributed by atoms with Gasteiger partial charge in [-0.1, -0.05) is 13.3 Å². The first-order valence-electron chi connectivity index (χ1n) is 7.94. The van der Waals surface area contributed by atoms with Gasteiger partial charge in [0, 0.05) is 26.4 Å². The van der Waals surface area contributed by atoms with Gasteiger partial charge in [-0.25, -0.2) is 4.79 Å². The second-order valence-electron chi connectivity index (χ2n) is 5.60. The Balaban J connectivity index is 2.55. The van der Waals surface area contributed by atoms with Gasteiger partial charge in [0.1, 0.15) is 0 Å². The van der Waals surface area contributed by atoms with Crippen LogP contribution in [0.5, 0.6) is 0 Å². The summed E-state index contributed by atoms with van der Waals surface area (Å²) in [4.78, 5) is 36.3. The molecule has 8 nitrogen and oxygen atoms in total. The summed E-state index contributed by atoms with van der Waals surface area (Å²) in [6.07, 6.45) is 0.596. The molecule has 0 aromatic carbocycles. The molecule has 2 N–H and O–H groups in total. The lowest BCUT2D eigenvalue weighted by atomic mass is 10.0. The van der Waals surface area contributed by atoms with Crippen LogP contribution in [0.25, 0.3) is 0 Å². The molecule has 1 unspecified atom stereocenters. The second kappa shape index (κ2) is 9.34. The molecule has 3 atom stereocenters. The Morgan fingerprint density at radius 2 is 2.04 bits per heavy atom. The number of carboxylic acid groups (broad SMARTS) is 1. The Morgan fingerprint density at radius 3 is 2.61 bits per heavy atom. The highest BCUT2D eigenvalue weighted by Gasteiger charge is 2.41. The fraction of sp³-hybridized carbons (Fsp3) is 0.800. The predicted octanol–water partition coefficient (Wildman–Crippen LogP) is 1.20. The molecule has 0 aromatic heterocycles. The molecule has 1 fully saturated rings. The molecule has 1 aliphatic rings. The van der Waals surface area contributed by atoms with Gasteiger partial charge in [0.2, 0.25) is 6.29 Å². The summed E-state index contributed by atoms with van der Waals surface area (Å²) in [5.74, 6) is -1.97. The van der Waals surface area contributed by atoms with E-state index < -0.39 is 36.3 Å². The average Bonchev–Trinajstić information content (AvgIpc) is 2.89. The fourth-order valence-electron chi connectivity index (χ4n) is 2.63. The second-order valence-corrected chi connectivity index (χ2v) is 5.60. The lowest BCUT2D eigenvalue weighted by Crippen LogP contribution is -2.46. The van der Waals surface area contributed by atoms with Gasteiger partial charge < -0.3 is 24.8 Å². The Kier molecular flexibility index (Phi) is 7.80. The highest BCUT2D eigenvalue weighted by atomic mass is 16.7. The zero-order chi connectivity index (χ0) is 17.4. The minimum absolute atomic E-state index is 0.283. The molecule has 0 bridgehead atoms. The molecule has 1 saturated heterocycles. The third-order valence-electron chi connectivity index (χ3n) is 3.81. The fourth-order valence-corrected chi connectivity index (χ4v) is 2.63. The molecule has 0 aromatic rings. The number of ether oxygens (including phenoxy) is 2. The van der Waals surface area contributed by atoms with E-state index in [9.17, 15) is 19.5 Å². The summed E-state index contributed by atoms with van der Waals surface area (Å²) < 4.78 is 10.1. The van der Waals surface area contributed by atoms with Crippen LogP contribution >= 0.6 is 0 Å². The third kappa shape index (κ3) is 5.70. The molecule has 0 spiro atoms. The van der Waals surface area contributed by atoms with Crippen molar-refractivity contribution < 1.29 is 29.0 Å². The van der Waals surface area contributed by atoms with Gasteiger partial charge in [0.05, 0.1) is 12.0 Å². The van der Waals surface area contributed by atoms with Crippen LogP contribution in [0.15, 0.2) is 0 Å². The van der Waals surface area contributed by atoms with Crippen LogP contribution in [0, 0.1) is 5.92 Å². The van der Waals surface area contributed by atoms with Crippen LogP contribution in [0.3, 0.4) is 0 Å². The number of nitrogens with one attached hydrogen (secondary N) is 1. The third-order valence-corrected chi connectivity index (χ3v) is 3.81. The van der Waals surface area contributed by atoms with E-state index in [-0.39, 0.29) is 6.42 Å². The number of carboxylic acids is 1. The highest BCUT2D eigenvalue weighted by Crippen LogP contribution is 2.25. The lowest BCUT2D eigenvalue weighted by molar-refractivity contribution is -0.166. The van der Waals surface area contributed by atoms with Crippen molar-refractivity contribution in [2.24, 2.45) is 5.92 Å². The normalized spacial score (nSPS) is 21.8. The first kappa shape index (κ1) is 19.2. The summed E-state index contributed by atoms with van der Waals surface area (Å²) in [7, 11) is 1.69. The topological polar surface area (TPSA) is 105 Å². The maximum atomic E-state index is 12.2. The zero-order valence-electron chi connectivity index (χ0n) is 13.9. The molecule has 1 heterocycles. The molecule has 1 amide bonds. The maximum Gasteiger partial charge on any atom is 0.413 e. The van der Waals surface area contributed by atoms with Gasteiger partial charge in [-0.05, 0) is 19.9 Å². The van der Waals surface area contributed by atoms with Gasteiger partial charge >= 0.3 is 18.0 Å². The van der Waals surface area contributed by atoms with Gasteiger partial charge in [-0.2, -0.15) is 0 Å². The number of nitrogens with zero attached hydrogens (tertiary/aromatic N) is 1. The smallest absolute Gasteiger partial charge is 0.413 e. The number of esters is 1. The molecule has 1 rings (SSSR count). The largest absolute Gasteiger partial charge is 0.481 e. The number of hydrogen-bond donors (Lipinski definition) is 2. The van der Waals surface area contributed by atoms with Gasteiger partial charge in [-0.3, -0.25) is 9.59 Å². The van der Waals surface area contributed by atoms with Crippen LogP contribution in [-0.2, 0) is 19.1 Å². The summed E-state index contributed by atoms with van der Waals surface area (Å²) in [5.41, 5.74) is 0. The van der Waals surface area contributed by atoms with Crippen molar-refractivity contribution in [3.05, 3.63) is 0 Å². The van der Waals surface area contributed by atoms with Crippen molar-refractivity contribution >= 4 is 18.0 Å². The Morgan fingerprint density at radius 1 is 1.35 bits per heavy atom. The SMILES string of the molecule is CCCCC(=O)OC(C)OC(=O)N1CC[C@H](C(=O)O)[C@@H]1CNC. The number of hydrogen-bond acceptors (Lipinski definition) is 6. The quantitative estimate of drug-likeness (QED) is 0.509. The van der Waals surface area contributed by atoms with E-state index >= 15 is 0 Å². The molecule has 0 aliphatic carbocycles. The van der Waals surface area contributed by atoms with E-state index in [0.717, 1.165) is 12.8 Å². The first-order valence-corrected chi connectivity index (χ1v) is 7.94. The number of rotatable bonds is 8. The minimum Gasteiger partial charge on any atom is -0.481 e. The molecule has 1 aliphatic heterocycles. The number of carbonyl (C=O) groups excluding carboxylic acids is 2. The van der Waals surface area contributed by atoms with E-state index in [1.54, 1.807) is 7.05 Å². The van der Waals surface area contributed by atoms with Crippen molar-refractivity contribution in [2.45, 2.75) is 51.9 Å². The van der Waals surface area contributed by atoms with Crippen molar-refractivity contribution in [3.63, 3.8) is 0 Å². The van der Waals surface area contributed by atoms with E-state index in [4.69, 9.17) is 9.47 Å². The molecule has 0 saturated carbocycles. The van der Waals surface area contributed by atoms with Crippen molar-refractivity contribution in [1.82, 2.24) is 10.2 Å². The van der Waals surface area contributed by atoms with Crippen LogP contribution in [0.1, 0.15) is 39.5 Å². The summed E-state index contributed by atoms with van der Waals surface area (Å²) in [6, 6.07) is -0.479. The van der Waals surface area contributed by atoms with Gasteiger partial charge in [0.15, 0.2) is 0 Å². The number of amides is 1. The van der Waals surface area contributed by atoms with Gasteiger partial charge in [0.25, 0.3) is 0 Å². The number of unbranched alkanes of at least 4 members (excludes halogenated alkanes) is 1. The Bertz CT molecular complexity index is 428. The van der Waals surface area contributed by atoms with Crippen molar-refractivity contribution in [1.29, 1.82) is 0 Å². The highest BCUT2D eigenvalue weighted by molar-refractivity contribution is 5.75. The standard InChI is InChI=1S/C15H26N2O6/c1-4-5-6-13(18)22-10(2)23-15(21)17-8-7-11(14(19)20)12(17)9-16-3/h10-12,16H,4-9H2,1-3H3,(H,19,20)/t10?,11-,12-/m0/s1. The van der Waals surface area contributed by atoms with Crippen molar-refractivity contribution in [3.8, 4) is 0 Å².